The topological polar surface area (TPSA) is 80.1 Å². The number of piperidine rings is 1. The molecule has 6 heteroatoms. The van der Waals surface area contributed by atoms with Crippen molar-refractivity contribution in [3.8, 4) is 17.0 Å². The Bertz CT molecular complexity index is 866. The first-order valence-electron chi connectivity index (χ1n) is 9.35. The maximum Gasteiger partial charge on any atom is 0.122 e. The maximum atomic E-state index is 6.41. The first kappa shape index (κ1) is 17.7. The summed E-state index contributed by atoms with van der Waals surface area (Å²) < 4.78 is 5.64. The third-order valence-electron chi connectivity index (χ3n) is 5.41. The number of nitrogens with zero attached hydrogens (tertiary/aromatic N) is 3. The van der Waals surface area contributed by atoms with Crippen LogP contribution in [0.4, 0.5) is 0 Å². The highest BCUT2D eigenvalue weighted by Gasteiger charge is 2.31. The largest absolute Gasteiger partial charge is 0.496 e. The van der Waals surface area contributed by atoms with E-state index < -0.39 is 0 Å². The van der Waals surface area contributed by atoms with E-state index in [9.17, 15) is 0 Å². The van der Waals surface area contributed by atoms with Gasteiger partial charge in [-0.2, -0.15) is 15.4 Å². The summed E-state index contributed by atoms with van der Waals surface area (Å²) in [6, 6.07) is 17.0. The van der Waals surface area contributed by atoms with E-state index in [0.717, 1.165) is 42.8 Å². The number of ether oxygens (including phenoxy) is 1. The summed E-state index contributed by atoms with van der Waals surface area (Å²) >= 11 is 0. The molecule has 2 heterocycles. The van der Waals surface area contributed by atoms with Gasteiger partial charge in [0.25, 0.3) is 0 Å². The Hall–Kier alpha value is -2.70. The maximum absolute atomic E-state index is 6.41. The van der Waals surface area contributed by atoms with E-state index in [0.29, 0.717) is 5.92 Å². The predicted octanol–water partition coefficient (Wildman–Crippen LogP) is 3.35. The fraction of sp³-hybridized carbons (Fsp3) is 0.333. The second-order valence-electron chi connectivity index (χ2n) is 7.08. The third-order valence-corrected chi connectivity index (χ3v) is 5.41. The van der Waals surface area contributed by atoms with Gasteiger partial charge in [0.05, 0.1) is 19.3 Å². The molecule has 3 aromatic rings. The van der Waals surface area contributed by atoms with Crippen LogP contribution < -0.4 is 10.6 Å². The molecule has 6 nitrogen and oxygen atoms in total. The molecule has 0 unspecified atom stereocenters. The lowest BCUT2D eigenvalue weighted by Gasteiger charge is -2.39. The van der Waals surface area contributed by atoms with Gasteiger partial charge in [0.15, 0.2) is 0 Å². The lowest BCUT2D eigenvalue weighted by Crippen LogP contribution is -2.44. The molecule has 0 amide bonds. The number of H-pyrrole nitrogens is 1. The summed E-state index contributed by atoms with van der Waals surface area (Å²) in [7, 11) is 1.72. The molecule has 2 aromatic carbocycles. The minimum atomic E-state index is 0.209. The van der Waals surface area contributed by atoms with Crippen LogP contribution in [0.25, 0.3) is 11.3 Å². The molecule has 2 atom stereocenters. The Labute approximate surface area is 159 Å². The van der Waals surface area contributed by atoms with Crippen LogP contribution in [0.15, 0.2) is 54.7 Å². The van der Waals surface area contributed by atoms with Crippen LogP contribution in [-0.2, 0) is 6.42 Å². The Balaban J connectivity index is 1.66. The summed E-state index contributed by atoms with van der Waals surface area (Å²) in [4.78, 5) is 0. The molecule has 1 saturated heterocycles. The zero-order valence-electron chi connectivity index (χ0n) is 15.5. The fourth-order valence-electron chi connectivity index (χ4n) is 4.15. The molecule has 0 bridgehead atoms. The Kier molecular flexibility index (Phi) is 5.18. The predicted molar refractivity (Wildman–Crippen MR) is 105 cm³/mol. The molecule has 1 aliphatic rings. The van der Waals surface area contributed by atoms with E-state index in [1.807, 2.05) is 23.2 Å². The van der Waals surface area contributed by atoms with E-state index in [4.69, 9.17) is 10.6 Å². The second kappa shape index (κ2) is 7.90. The van der Waals surface area contributed by atoms with Crippen LogP contribution >= 0.6 is 0 Å². The Morgan fingerprint density at radius 2 is 2.07 bits per heavy atom. The van der Waals surface area contributed by atoms with Crippen molar-refractivity contribution in [2.75, 3.05) is 13.7 Å². The van der Waals surface area contributed by atoms with Crippen LogP contribution in [-0.4, -0.2) is 34.1 Å². The van der Waals surface area contributed by atoms with E-state index >= 15 is 0 Å². The first-order chi connectivity index (χ1) is 13.3. The van der Waals surface area contributed by atoms with Gasteiger partial charge in [-0.25, -0.2) is 5.01 Å². The number of methoxy groups -OCH3 is 1. The number of hydrogen-bond donors (Lipinski definition) is 2. The second-order valence-corrected chi connectivity index (χ2v) is 7.08. The van der Waals surface area contributed by atoms with Gasteiger partial charge in [-0.15, -0.1) is 0 Å². The lowest BCUT2D eigenvalue weighted by atomic mass is 9.81. The van der Waals surface area contributed by atoms with Crippen LogP contribution in [0.5, 0.6) is 5.75 Å². The number of nitrogens with two attached hydrogens (primary N) is 1. The minimum absolute atomic E-state index is 0.209. The first-order valence-corrected chi connectivity index (χ1v) is 9.35. The average Bonchev–Trinajstić information content (AvgIpc) is 3.24. The zero-order valence-corrected chi connectivity index (χ0v) is 15.5. The van der Waals surface area contributed by atoms with Crippen molar-refractivity contribution in [3.63, 3.8) is 0 Å². The van der Waals surface area contributed by atoms with E-state index in [1.165, 1.54) is 11.1 Å². The van der Waals surface area contributed by atoms with E-state index in [-0.39, 0.29) is 6.04 Å². The van der Waals surface area contributed by atoms with Gasteiger partial charge in [0, 0.05) is 12.1 Å². The fourth-order valence-corrected chi connectivity index (χ4v) is 4.15. The summed E-state index contributed by atoms with van der Waals surface area (Å²) in [5.74, 6) is 7.74. The number of benzene rings is 2. The van der Waals surface area contributed by atoms with Gasteiger partial charge >= 0.3 is 0 Å². The smallest absolute Gasteiger partial charge is 0.122 e. The van der Waals surface area contributed by atoms with Crippen molar-refractivity contribution in [2.24, 2.45) is 11.8 Å². The molecule has 0 radical (unpaired) electrons. The van der Waals surface area contributed by atoms with Gasteiger partial charge in [0.2, 0.25) is 0 Å². The normalized spacial score (nSPS) is 20.5. The van der Waals surface area contributed by atoms with Gasteiger partial charge in [-0.3, -0.25) is 5.84 Å². The standard InChI is InChI=1S/C21H25N5O/c1-27-20-10-9-16(19-14-23-25-24-19)12-18(20)13-17-8-5-11-26(22)21(17)15-6-3-2-4-7-15/h2-4,6-7,9-10,12,14,17,21H,5,8,11,13,22H2,1H3,(H,23,24,25)/t17-,21+/m0/s1. The number of hydrazine groups is 1. The van der Waals surface area contributed by atoms with Gasteiger partial charge < -0.3 is 4.74 Å². The molecule has 4 rings (SSSR count). The summed E-state index contributed by atoms with van der Waals surface area (Å²) in [6.45, 7) is 0.923. The number of hydrogen-bond acceptors (Lipinski definition) is 5. The quantitative estimate of drug-likeness (QED) is 0.680. The molecular weight excluding hydrogens is 338 g/mol. The molecule has 0 aliphatic carbocycles. The monoisotopic (exact) mass is 363 g/mol. The molecular formula is C21H25N5O. The molecule has 1 fully saturated rings. The highest BCUT2D eigenvalue weighted by Crippen LogP contribution is 2.38. The number of nitrogens with one attached hydrogen (secondary N) is 1. The van der Waals surface area contributed by atoms with Crippen molar-refractivity contribution in [3.05, 3.63) is 65.9 Å². The highest BCUT2D eigenvalue weighted by molar-refractivity contribution is 5.61. The number of aromatic nitrogens is 3. The molecule has 1 aromatic heterocycles. The van der Waals surface area contributed by atoms with Crippen molar-refractivity contribution in [2.45, 2.75) is 25.3 Å². The van der Waals surface area contributed by atoms with Gasteiger partial charge in [0.1, 0.15) is 11.4 Å². The average molecular weight is 363 g/mol. The molecule has 0 saturated carbocycles. The third kappa shape index (κ3) is 3.72. The van der Waals surface area contributed by atoms with Crippen molar-refractivity contribution < 1.29 is 4.74 Å². The molecule has 27 heavy (non-hydrogen) atoms. The van der Waals surface area contributed by atoms with Crippen molar-refractivity contribution in [1.82, 2.24) is 20.4 Å². The molecule has 3 N–H and O–H groups in total. The van der Waals surface area contributed by atoms with Crippen molar-refractivity contribution >= 4 is 0 Å². The number of rotatable bonds is 5. The highest BCUT2D eigenvalue weighted by atomic mass is 16.5. The van der Waals surface area contributed by atoms with Crippen LogP contribution in [0.3, 0.4) is 0 Å². The molecule has 1 aliphatic heterocycles. The summed E-state index contributed by atoms with van der Waals surface area (Å²) in [5, 5.41) is 12.8. The Morgan fingerprint density at radius 1 is 1.22 bits per heavy atom. The summed E-state index contributed by atoms with van der Waals surface area (Å²) in [6.07, 6.45) is 4.89. The van der Waals surface area contributed by atoms with E-state index in [1.54, 1.807) is 13.3 Å². The summed E-state index contributed by atoms with van der Waals surface area (Å²) in [5.41, 5.74) is 4.33. The van der Waals surface area contributed by atoms with Gasteiger partial charge in [-0.1, -0.05) is 30.3 Å². The minimum Gasteiger partial charge on any atom is -0.496 e. The van der Waals surface area contributed by atoms with Crippen molar-refractivity contribution in [1.29, 1.82) is 0 Å². The Morgan fingerprint density at radius 3 is 2.81 bits per heavy atom. The van der Waals surface area contributed by atoms with Crippen LogP contribution in [0.1, 0.15) is 30.0 Å². The van der Waals surface area contributed by atoms with Crippen LogP contribution in [0, 0.1) is 5.92 Å². The van der Waals surface area contributed by atoms with Crippen LogP contribution in [0.2, 0.25) is 0 Å². The zero-order chi connectivity index (χ0) is 18.6. The molecule has 0 spiro atoms. The van der Waals surface area contributed by atoms with E-state index in [2.05, 4.69) is 45.7 Å². The SMILES string of the molecule is COc1ccc(-c2cn[nH]n2)cc1C[C@@H]1CCCN(N)[C@@H]1c1ccccc1. The number of aromatic amines is 1. The van der Waals surface area contributed by atoms with Gasteiger partial charge in [-0.05, 0) is 54.5 Å². The molecule has 140 valence electrons. The lowest BCUT2D eigenvalue weighted by molar-refractivity contribution is 0.0923.